The topological polar surface area (TPSA) is 29.1 Å². The van der Waals surface area contributed by atoms with Crippen LogP contribution in [0.1, 0.15) is 16.7 Å². The Hall–Kier alpha value is -1.45. The maximum absolute atomic E-state index is 12.0. The van der Waals surface area contributed by atoms with Crippen molar-refractivity contribution in [2.24, 2.45) is 0 Å². The molecule has 110 valence electrons. The van der Waals surface area contributed by atoms with Crippen LogP contribution in [-0.2, 0) is 10.5 Å². The average Bonchev–Trinajstić information content (AvgIpc) is 2.46. The lowest BCUT2D eigenvalue weighted by Crippen LogP contribution is -2.15. The molecule has 0 spiro atoms. The van der Waals surface area contributed by atoms with E-state index in [-0.39, 0.29) is 5.91 Å². The van der Waals surface area contributed by atoms with Gasteiger partial charge in [-0.25, -0.2) is 0 Å². The molecule has 0 unspecified atom stereocenters. The number of halogens is 1. The van der Waals surface area contributed by atoms with Gasteiger partial charge in [-0.05, 0) is 42.7 Å². The number of carbonyl (C=O) groups excluding carboxylic acids is 1. The number of aryl methyl sites for hydroxylation is 1. The van der Waals surface area contributed by atoms with Crippen molar-refractivity contribution >= 4 is 35.0 Å². The summed E-state index contributed by atoms with van der Waals surface area (Å²) in [4.78, 5) is 12.0. The molecular formula is C17H18ClNOS. The lowest BCUT2D eigenvalue weighted by atomic mass is 10.1. The molecule has 2 nitrogen and oxygen atoms in total. The van der Waals surface area contributed by atoms with Crippen LogP contribution in [0.5, 0.6) is 0 Å². The molecule has 0 aromatic heterocycles. The fourth-order valence-corrected chi connectivity index (χ4v) is 3.05. The second kappa shape index (κ2) is 7.53. The van der Waals surface area contributed by atoms with Crippen molar-refractivity contribution in [1.29, 1.82) is 0 Å². The number of amides is 1. The highest BCUT2D eigenvalue weighted by Crippen LogP contribution is 2.22. The first-order chi connectivity index (χ1) is 10.1. The van der Waals surface area contributed by atoms with Gasteiger partial charge in [0.05, 0.1) is 5.75 Å². The molecule has 0 saturated carbocycles. The van der Waals surface area contributed by atoms with Crippen molar-refractivity contribution in [3.05, 3.63) is 64.2 Å². The highest BCUT2D eigenvalue weighted by molar-refractivity contribution is 7.99. The number of hydrogen-bond acceptors (Lipinski definition) is 2. The van der Waals surface area contributed by atoms with E-state index in [9.17, 15) is 4.79 Å². The smallest absolute Gasteiger partial charge is 0.234 e. The summed E-state index contributed by atoms with van der Waals surface area (Å²) < 4.78 is 0. The summed E-state index contributed by atoms with van der Waals surface area (Å²) in [6, 6.07) is 13.6. The van der Waals surface area contributed by atoms with Gasteiger partial charge in [-0.2, -0.15) is 0 Å². The predicted molar refractivity (Wildman–Crippen MR) is 92.2 cm³/mol. The van der Waals surface area contributed by atoms with Crippen LogP contribution in [0.4, 0.5) is 5.69 Å². The molecule has 2 rings (SSSR count). The summed E-state index contributed by atoms with van der Waals surface area (Å²) in [5.41, 5.74) is 4.24. The zero-order chi connectivity index (χ0) is 15.2. The lowest BCUT2D eigenvalue weighted by molar-refractivity contribution is -0.113. The quantitative estimate of drug-likeness (QED) is 0.855. The van der Waals surface area contributed by atoms with Crippen LogP contribution in [0.3, 0.4) is 0 Å². The van der Waals surface area contributed by atoms with E-state index in [1.165, 1.54) is 5.56 Å². The summed E-state index contributed by atoms with van der Waals surface area (Å²) >= 11 is 7.66. The van der Waals surface area contributed by atoms with Crippen LogP contribution in [0.25, 0.3) is 0 Å². The highest BCUT2D eigenvalue weighted by Gasteiger charge is 2.07. The minimum Gasteiger partial charge on any atom is -0.325 e. The third kappa shape index (κ3) is 4.51. The number of thioether (sulfide) groups is 1. The molecule has 0 aliphatic heterocycles. The van der Waals surface area contributed by atoms with Crippen LogP contribution in [-0.4, -0.2) is 11.7 Å². The molecule has 0 bridgehead atoms. The van der Waals surface area contributed by atoms with Gasteiger partial charge in [-0.3, -0.25) is 4.79 Å². The summed E-state index contributed by atoms with van der Waals surface area (Å²) in [7, 11) is 0. The monoisotopic (exact) mass is 319 g/mol. The van der Waals surface area contributed by atoms with Gasteiger partial charge in [0.2, 0.25) is 5.91 Å². The summed E-state index contributed by atoms with van der Waals surface area (Å²) in [5, 5.41) is 3.71. The number of carbonyl (C=O) groups is 1. The first-order valence-corrected chi connectivity index (χ1v) is 8.28. The van der Waals surface area contributed by atoms with E-state index >= 15 is 0 Å². The Morgan fingerprint density at radius 3 is 2.67 bits per heavy atom. The largest absolute Gasteiger partial charge is 0.325 e. The fraction of sp³-hybridized carbons (Fsp3) is 0.235. The maximum Gasteiger partial charge on any atom is 0.234 e. The molecule has 0 atom stereocenters. The van der Waals surface area contributed by atoms with Crippen molar-refractivity contribution in [2.75, 3.05) is 11.1 Å². The minimum atomic E-state index is 0.0146. The van der Waals surface area contributed by atoms with Crippen LogP contribution < -0.4 is 5.32 Å². The molecule has 0 saturated heterocycles. The van der Waals surface area contributed by atoms with E-state index in [1.54, 1.807) is 11.8 Å². The molecule has 21 heavy (non-hydrogen) atoms. The molecule has 2 aromatic carbocycles. The van der Waals surface area contributed by atoms with E-state index in [1.807, 2.05) is 56.3 Å². The van der Waals surface area contributed by atoms with Gasteiger partial charge < -0.3 is 5.32 Å². The van der Waals surface area contributed by atoms with Gasteiger partial charge >= 0.3 is 0 Å². The van der Waals surface area contributed by atoms with Crippen LogP contribution in [0, 0.1) is 13.8 Å². The Morgan fingerprint density at radius 2 is 1.90 bits per heavy atom. The standard InChI is InChI=1S/C17H18ClNOS/c1-12-6-5-9-16(13(12)2)19-17(20)11-21-10-14-7-3-4-8-15(14)18/h3-9H,10-11H2,1-2H3,(H,19,20). The van der Waals surface area contributed by atoms with E-state index in [0.29, 0.717) is 5.75 Å². The Labute approximate surface area is 134 Å². The van der Waals surface area contributed by atoms with E-state index in [4.69, 9.17) is 11.6 Å². The molecule has 0 aliphatic rings. The zero-order valence-electron chi connectivity index (χ0n) is 12.2. The van der Waals surface area contributed by atoms with Crippen molar-refractivity contribution in [2.45, 2.75) is 19.6 Å². The molecule has 0 fully saturated rings. The zero-order valence-corrected chi connectivity index (χ0v) is 13.7. The van der Waals surface area contributed by atoms with Crippen LogP contribution in [0.2, 0.25) is 5.02 Å². The number of anilines is 1. The van der Waals surface area contributed by atoms with Crippen molar-refractivity contribution in [3.63, 3.8) is 0 Å². The molecule has 2 aromatic rings. The Kier molecular flexibility index (Phi) is 5.71. The van der Waals surface area contributed by atoms with Gasteiger partial charge in [0, 0.05) is 16.5 Å². The summed E-state index contributed by atoms with van der Waals surface area (Å²) in [6.45, 7) is 4.05. The Bertz CT molecular complexity index is 642. The molecule has 1 amide bonds. The number of benzene rings is 2. The van der Waals surface area contributed by atoms with E-state index in [0.717, 1.165) is 27.6 Å². The summed E-state index contributed by atoms with van der Waals surface area (Å²) in [5.74, 6) is 1.17. The average molecular weight is 320 g/mol. The fourth-order valence-electron chi connectivity index (χ4n) is 1.94. The van der Waals surface area contributed by atoms with E-state index < -0.39 is 0 Å². The van der Waals surface area contributed by atoms with Crippen LogP contribution >= 0.6 is 23.4 Å². The van der Waals surface area contributed by atoms with Crippen molar-refractivity contribution < 1.29 is 4.79 Å². The first-order valence-electron chi connectivity index (χ1n) is 6.75. The molecule has 0 radical (unpaired) electrons. The number of rotatable bonds is 5. The second-order valence-electron chi connectivity index (χ2n) is 4.88. The Morgan fingerprint density at radius 1 is 1.14 bits per heavy atom. The maximum atomic E-state index is 12.0. The van der Waals surface area contributed by atoms with Gasteiger partial charge in [0.1, 0.15) is 0 Å². The number of nitrogens with one attached hydrogen (secondary N) is 1. The van der Waals surface area contributed by atoms with Crippen molar-refractivity contribution in [3.8, 4) is 0 Å². The molecule has 4 heteroatoms. The first kappa shape index (κ1) is 15.9. The van der Waals surface area contributed by atoms with Crippen molar-refractivity contribution in [1.82, 2.24) is 0 Å². The van der Waals surface area contributed by atoms with Gasteiger partial charge in [0.25, 0.3) is 0 Å². The normalized spacial score (nSPS) is 10.4. The van der Waals surface area contributed by atoms with Gasteiger partial charge in [0.15, 0.2) is 0 Å². The van der Waals surface area contributed by atoms with Crippen LogP contribution in [0.15, 0.2) is 42.5 Å². The minimum absolute atomic E-state index is 0.0146. The SMILES string of the molecule is Cc1cccc(NC(=O)CSCc2ccccc2Cl)c1C. The third-order valence-electron chi connectivity index (χ3n) is 3.33. The molecular weight excluding hydrogens is 302 g/mol. The third-order valence-corrected chi connectivity index (χ3v) is 4.68. The van der Waals surface area contributed by atoms with Gasteiger partial charge in [-0.1, -0.05) is 41.9 Å². The molecule has 1 N–H and O–H groups in total. The van der Waals surface area contributed by atoms with Gasteiger partial charge in [-0.15, -0.1) is 11.8 Å². The second-order valence-corrected chi connectivity index (χ2v) is 6.27. The number of hydrogen-bond donors (Lipinski definition) is 1. The molecule has 0 aliphatic carbocycles. The lowest BCUT2D eigenvalue weighted by Gasteiger charge is -2.10. The highest BCUT2D eigenvalue weighted by atomic mass is 35.5. The predicted octanol–water partition coefficient (Wildman–Crippen LogP) is 4.83. The van der Waals surface area contributed by atoms with E-state index in [2.05, 4.69) is 5.32 Å². The molecule has 0 heterocycles. The summed E-state index contributed by atoms with van der Waals surface area (Å²) in [6.07, 6.45) is 0. The Balaban J connectivity index is 1.85.